The van der Waals surface area contributed by atoms with E-state index in [1.165, 1.54) is 63.4 Å². The van der Waals surface area contributed by atoms with Crippen LogP contribution in [0, 0.1) is 11.8 Å². The minimum Gasteiger partial charge on any atom is -0.307 e. The van der Waals surface area contributed by atoms with Crippen molar-refractivity contribution < 1.29 is 0 Å². The van der Waals surface area contributed by atoms with Crippen LogP contribution in [-0.4, -0.2) is 6.04 Å². The molecule has 0 radical (unpaired) electrons. The lowest BCUT2D eigenvalue weighted by Crippen LogP contribution is -2.35. The first-order valence-corrected chi connectivity index (χ1v) is 9.14. The summed E-state index contributed by atoms with van der Waals surface area (Å²) in [6.45, 7) is 2.32. The predicted molar refractivity (Wildman–Crippen MR) is 90.3 cm³/mol. The predicted octanol–water partition coefficient (Wildman–Crippen LogP) is 5.48. The fraction of sp³-hybridized carbons (Fsp3) is 0.700. The van der Waals surface area contributed by atoms with Gasteiger partial charge in [-0.2, -0.15) is 0 Å². The summed E-state index contributed by atoms with van der Waals surface area (Å²) in [5.41, 5.74) is 1.43. The fourth-order valence-corrected chi connectivity index (χ4v) is 4.55. The molecule has 1 nitrogen and oxygen atoms in total. The molecular weight excluding hydrogens is 254 g/mol. The van der Waals surface area contributed by atoms with Gasteiger partial charge in [-0.15, -0.1) is 0 Å². The Balaban J connectivity index is 1.54. The molecule has 1 heteroatoms. The Kier molecular flexibility index (Phi) is 5.35. The lowest BCUT2D eigenvalue weighted by molar-refractivity contribution is 0.255. The van der Waals surface area contributed by atoms with Crippen LogP contribution >= 0.6 is 0 Å². The van der Waals surface area contributed by atoms with Crippen molar-refractivity contribution in [3.8, 4) is 0 Å². The highest BCUT2D eigenvalue weighted by molar-refractivity contribution is 5.18. The van der Waals surface area contributed by atoms with Crippen LogP contribution in [0.15, 0.2) is 30.3 Å². The van der Waals surface area contributed by atoms with Crippen LogP contribution in [0.5, 0.6) is 0 Å². The van der Waals surface area contributed by atoms with Crippen molar-refractivity contribution in [1.29, 1.82) is 0 Å². The SMILES string of the molecule is CC(N[C@@H]1CCC[C@@H]1CC1CCCCC1)c1ccccc1. The summed E-state index contributed by atoms with van der Waals surface area (Å²) >= 11 is 0. The van der Waals surface area contributed by atoms with Gasteiger partial charge >= 0.3 is 0 Å². The maximum Gasteiger partial charge on any atom is 0.0294 e. The minimum absolute atomic E-state index is 0.489. The van der Waals surface area contributed by atoms with Gasteiger partial charge < -0.3 is 5.32 Å². The summed E-state index contributed by atoms with van der Waals surface area (Å²) < 4.78 is 0. The van der Waals surface area contributed by atoms with Crippen molar-refractivity contribution in [1.82, 2.24) is 5.32 Å². The van der Waals surface area contributed by atoms with E-state index in [1.807, 2.05) is 0 Å². The number of nitrogens with one attached hydrogen (secondary N) is 1. The Morgan fingerprint density at radius 1 is 0.952 bits per heavy atom. The molecule has 2 saturated carbocycles. The van der Waals surface area contributed by atoms with Gasteiger partial charge in [0, 0.05) is 12.1 Å². The van der Waals surface area contributed by atoms with Gasteiger partial charge in [0.15, 0.2) is 0 Å². The zero-order chi connectivity index (χ0) is 14.5. The van der Waals surface area contributed by atoms with E-state index in [0.717, 1.165) is 17.9 Å². The first kappa shape index (κ1) is 15.1. The maximum absolute atomic E-state index is 3.93. The van der Waals surface area contributed by atoms with Gasteiger partial charge in [-0.25, -0.2) is 0 Å². The molecule has 0 spiro atoms. The summed E-state index contributed by atoms with van der Waals surface area (Å²) in [6.07, 6.45) is 13.2. The Hall–Kier alpha value is -0.820. The van der Waals surface area contributed by atoms with Crippen LogP contribution in [0.1, 0.15) is 76.3 Å². The fourth-order valence-electron chi connectivity index (χ4n) is 4.55. The van der Waals surface area contributed by atoms with E-state index >= 15 is 0 Å². The molecule has 1 N–H and O–H groups in total. The van der Waals surface area contributed by atoms with Crippen LogP contribution in [-0.2, 0) is 0 Å². The van der Waals surface area contributed by atoms with Gasteiger partial charge in [-0.3, -0.25) is 0 Å². The average Bonchev–Trinajstić information content (AvgIpc) is 2.96. The summed E-state index contributed by atoms with van der Waals surface area (Å²) in [5, 5.41) is 3.93. The Bertz CT molecular complexity index is 407. The third-order valence-electron chi connectivity index (χ3n) is 5.78. The van der Waals surface area contributed by atoms with E-state index in [-0.39, 0.29) is 0 Å². The molecule has 0 aliphatic heterocycles. The number of hydrogen-bond donors (Lipinski definition) is 1. The zero-order valence-corrected chi connectivity index (χ0v) is 13.6. The molecule has 1 aromatic carbocycles. The summed E-state index contributed by atoms with van der Waals surface area (Å²) in [7, 11) is 0. The molecule has 0 saturated heterocycles. The van der Waals surface area contributed by atoms with Crippen LogP contribution in [0.4, 0.5) is 0 Å². The lowest BCUT2D eigenvalue weighted by Gasteiger charge is -2.30. The third-order valence-corrected chi connectivity index (χ3v) is 5.78. The molecule has 2 aliphatic carbocycles. The third kappa shape index (κ3) is 4.10. The van der Waals surface area contributed by atoms with Gasteiger partial charge in [-0.1, -0.05) is 68.9 Å². The summed E-state index contributed by atoms with van der Waals surface area (Å²) in [6, 6.07) is 12.2. The largest absolute Gasteiger partial charge is 0.307 e. The lowest BCUT2D eigenvalue weighted by atomic mass is 9.81. The van der Waals surface area contributed by atoms with Gasteiger partial charge in [0.05, 0.1) is 0 Å². The molecule has 0 heterocycles. The maximum atomic E-state index is 3.93. The van der Waals surface area contributed by atoms with E-state index in [1.54, 1.807) is 0 Å². The summed E-state index contributed by atoms with van der Waals surface area (Å²) in [5.74, 6) is 1.96. The van der Waals surface area contributed by atoms with Crippen LogP contribution in [0.2, 0.25) is 0 Å². The molecule has 3 rings (SSSR count). The number of rotatable bonds is 5. The molecule has 1 aromatic rings. The molecule has 3 atom stereocenters. The quantitative estimate of drug-likeness (QED) is 0.755. The van der Waals surface area contributed by atoms with E-state index in [0.29, 0.717) is 6.04 Å². The molecule has 1 unspecified atom stereocenters. The second-order valence-corrected chi connectivity index (χ2v) is 7.34. The van der Waals surface area contributed by atoms with Crippen molar-refractivity contribution in [2.75, 3.05) is 0 Å². The van der Waals surface area contributed by atoms with Crippen molar-refractivity contribution in [3.05, 3.63) is 35.9 Å². The van der Waals surface area contributed by atoms with Crippen molar-refractivity contribution in [2.24, 2.45) is 11.8 Å². The van der Waals surface area contributed by atoms with Crippen molar-refractivity contribution in [3.63, 3.8) is 0 Å². The van der Waals surface area contributed by atoms with Gasteiger partial charge in [0.2, 0.25) is 0 Å². The monoisotopic (exact) mass is 285 g/mol. The van der Waals surface area contributed by atoms with Gasteiger partial charge in [0.1, 0.15) is 0 Å². The van der Waals surface area contributed by atoms with Gasteiger partial charge in [0.25, 0.3) is 0 Å². The summed E-state index contributed by atoms with van der Waals surface area (Å²) in [4.78, 5) is 0. The van der Waals surface area contributed by atoms with Crippen LogP contribution in [0.3, 0.4) is 0 Å². The molecule has 21 heavy (non-hydrogen) atoms. The smallest absolute Gasteiger partial charge is 0.0294 e. The van der Waals surface area contributed by atoms with E-state index in [4.69, 9.17) is 0 Å². The van der Waals surface area contributed by atoms with E-state index in [9.17, 15) is 0 Å². The molecule has 0 bridgehead atoms. The second kappa shape index (κ2) is 7.45. The Morgan fingerprint density at radius 2 is 1.71 bits per heavy atom. The number of benzene rings is 1. The molecule has 0 aromatic heterocycles. The Labute approximate surface area is 130 Å². The number of hydrogen-bond acceptors (Lipinski definition) is 1. The average molecular weight is 285 g/mol. The highest BCUT2D eigenvalue weighted by Gasteiger charge is 2.30. The minimum atomic E-state index is 0.489. The molecule has 0 amide bonds. The van der Waals surface area contributed by atoms with Gasteiger partial charge in [-0.05, 0) is 43.6 Å². The Morgan fingerprint density at radius 3 is 2.48 bits per heavy atom. The second-order valence-electron chi connectivity index (χ2n) is 7.34. The first-order chi connectivity index (χ1) is 10.3. The van der Waals surface area contributed by atoms with E-state index < -0.39 is 0 Å². The normalized spacial score (nSPS) is 28.6. The topological polar surface area (TPSA) is 12.0 Å². The highest BCUT2D eigenvalue weighted by Crippen LogP contribution is 2.37. The van der Waals surface area contributed by atoms with Crippen LogP contribution < -0.4 is 5.32 Å². The van der Waals surface area contributed by atoms with Crippen molar-refractivity contribution >= 4 is 0 Å². The van der Waals surface area contributed by atoms with Crippen molar-refractivity contribution in [2.45, 2.75) is 76.8 Å². The molecule has 2 fully saturated rings. The van der Waals surface area contributed by atoms with Crippen LogP contribution in [0.25, 0.3) is 0 Å². The highest BCUT2D eigenvalue weighted by atomic mass is 15.0. The standard InChI is InChI=1S/C20H31N/c1-16(18-11-6-3-7-12-18)21-20-14-8-13-19(20)15-17-9-4-2-5-10-17/h3,6-7,11-12,16-17,19-21H,2,4-5,8-10,13-15H2,1H3/t16?,19-,20-/m1/s1. The molecule has 2 aliphatic rings. The van der Waals surface area contributed by atoms with E-state index in [2.05, 4.69) is 42.6 Å². The molecular formula is C20H31N. The first-order valence-electron chi connectivity index (χ1n) is 9.14. The molecule has 116 valence electrons. The zero-order valence-electron chi connectivity index (χ0n) is 13.6.